The van der Waals surface area contributed by atoms with Crippen molar-refractivity contribution in [1.29, 1.82) is 0 Å². The van der Waals surface area contributed by atoms with Crippen molar-refractivity contribution in [2.45, 2.75) is 18.6 Å². The van der Waals surface area contributed by atoms with E-state index in [-0.39, 0.29) is 11.4 Å². The average molecular weight is 375 g/mol. The molecule has 0 aliphatic rings. The zero-order chi connectivity index (χ0) is 15.5. The Morgan fingerprint density at radius 2 is 2.00 bits per heavy atom. The Kier molecular flexibility index (Phi) is 5.41. The first kappa shape index (κ1) is 16.8. The highest BCUT2D eigenvalue weighted by Gasteiger charge is 2.40. The predicted molar refractivity (Wildman–Crippen MR) is 68.5 cm³/mol. The standard InChI is InChI=1S/C11H8BrClF3NO3/c12-6-2-1-5(7(13)4-6)3-8(9(18)19)17-10(20)11(14,15)16/h1-2,4,8H,3H2,(H,17,20)(H,18,19). The summed E-state index contributed by atoms with van der Waals surface area (Å²) in [6, 6.07) is 2.78. The molecule has 0 aromatic heterocycles. The summed E-state index contributed by atoms with van der Waals surface area (Å²) in [5, 5.41) is 10.5. The van der Waals surface area contributed by atoms with Gasteiger partial charge in [-0.1, -0.05) is 33.6 Å². The minimum Gasteiger partial charge on any atom is -0.480 e. The molecule has 20 heavy (non-hydrogen) atoms. The molecule has 0 radical (unpaired) electrons. The van der Waals surface area contributed by atoms with Crippen LogP contribution >= 0.6 is 27.5 Å². The number of alkyl halides is 3. The Balaban J connectivity index is 2.88. The van der Waals surface area contributed by atoms with Crippen molar-refractivity contribution in [3.05, 3.63) is 33.3 Å². The molecule has 2 N–H and O–H groups in total. The van der Waals surface area contributed by atoms with Gasteiger partial charge in [-0.25, -0.2) is 4.79 Å². The molecule has 4 nitrogen and oxygen atoms in total. The maximum absolute atomic E-state index is 12.1. The van der Waals surface area contributed by atoms with Crippen LogP contribution in [0.4, 0.5) is 13.2 Å². The summed E-state index contributed by atoms with van der Waals surface area (Å²) in [5.74, 6) is -3.89. The minimum atomic E-state index is -5.14. The predicted octanol–water partition coefficient (Wildman–Crippen LogP) is 2.78. The lowest BCUT2D eigenvalue weighted by Crippen LogP contribution is -2.47. The van der Waals surface area contributed by atoms with Crippen molar-refractivity contribution in [3.8, 4) is 0 Å². The molecule has 0 aliphatic heterocycles. The van der Waals surface area contributed by atoms with Crippen LogP contribution in [0.2, 0.25) is 5.02 Å². The van der Waals surface area contributed by atoms with E-state index in [1.807, 2.05) is 0 Å². The molecule has 0 saturated heterocycles. The Labute approximate surface area is 125 Å². The molecule has 0 saturated carbocycles. The molecule has 9 heteroatoms. The molecular formula is C11H8BrClF3NO3. The van der Waals surface area contributed by atoms with E-state index in [0.29, 0.717) is 10.0 Å². The third-order valence-electron chi connectivity index (χ3n) is 2.30. The van der Waals surface area contributed by atoms with Crippen molar-refractivity contribution in [2.24, 2.45) is 0 Å². The molecular weight excluding hydrogens is 366 g/mol. The Morgan fingerprint density at radius 3 is 2.45 bits per heavy atom. The van der Waals surface area contributed by atoms with Crippen molar-refractivity contribution in [2.75, 3.05) is 0 Å². The Bertz CT molecular complexity index is 536. The lowest BCUT2D eigenvalue weighted by atomic mass is 10.1. The summed E-state index contributed by atoms with van der Waals surface area (Å²) in [6.45, 7) is 0. The highest BCUT2D eigenvalue weighted by molar-refractivity contribution is 9.10. The number of carboxylic acids is 1. The zero-order valence-electron chi connectivity index (χ0n) is 9.67. The van der Waals surface area contributed by atoms with Gasteiger partial charge in [0, 0.05) is 15.9 Å². The Hall–Kier alpha value is -1.28. The lowest BCUT2D eigenvalue weighted by molar-refractivity contribution is -0.175. The number of aliphatic carboxylic acids is 1. The number of halogens is 5. The third kappa shape index (κ3) is 4.68. The average Bonchev–Trinajstić information content (AvgIpc) is 2.29. The minimum absolute atomic E-state index is 0.187. The second-order valence-electron chi connectivity index (χ2n) is 3.80. The molecule has 1 atom stereocenters. The molecule has 0 spiro atoms. The molecule has 0 fully saturated rings. The number of rotatable bonds is 4. The zero-order valence-corrected chi connectivity index (χ0v) is 12.0. The van der Waals surface area contributed by atoms with Gasteiger partial charge in [0.1, 0.15) is 6.04 Å². The van der Waals surface area contributed by atoms with Gasteiger partial charge in [0.05, 0.1) is 0 Å². The quantitative estimate of drug-likeness (QED) is 0.852. The summed E-state index contributed by atoms with van der Waals surface area (Å²) in [6.07, 6.45) is -5.50. The summed E-state index contributed by atoms with van der Waals surface area (Å²) in [7, 11) is 0. The fourth-order valence-electron chi connectivity index (χ4n) is 1.35. The van der Waals surface area contributed by atoms with Crippen LogP contribution in [0.15, 0.2) is 22.7 Å². The van der Waals surface area contributed by atoms with Gasteiger partial charge in [-0.3, -0.25) is 4.79 Å². The first-order chi connectivity index (χ1) is 9.11. The highest BCUT2D eigenvalue weighted by atomic mass is 79.9. The van der Waals surface area contributed by atoms with E-state index >= 15 is 0 Å². The van der Waals surface area contributed by atoms with E-state index in [0.717, 1.165) is 0 Å². The van der Waals surface area contributed by atoms with Crippen LogP contribution in [0.1, 0.15) is 5.56 Å². The SMILES string of the molecule is O=C(O)C(Cc1ccc(Br)cc1Cl)NC(=O)C(F)(F)F. The molecule has 1 amide bonds. The number of benzene rings is 1. The molecule has 0 bridgehead atoms. The Morgan fingerprint density at radius 1 is 1.40 bits per heavy atom. The maximum atomic E-state index is 12.1. The van der Waals surface area contributed by atoms with Gasteiger partial charge in [0.15, 0.2) is 0 Å². The van der Waals surface area contributed by atoms with Crippen molar-refractivity contribution < 1.29 is 27.9 Å². The van der Waals surface area contributed by atoms with Crippen molar-refractivity contribution >= 4 is 39.4 Å². The van der Waals surface area contributed by atoms with E-state index in [1.54, 1.807) is 6.07 Å². The molecule has 1 unspecified atom stereocenters. The van der Waals surface area contributed by atoms with Gasteiger partial charge in [-0.2, -0.15) is 13.2 Å². The van der Waals surface area contributed by atoms with Gasteiger partial charge < -0.3 is 10.4 Å². The van der Waals surface area contributed by atoms with Crippen LogP contribution in [0.3, 0.4) is 0 Å². The summed E-state index contributed by atoms with van der Waals surface area (Å²) >= 11 is 8.99. The van der Waals surface area contributed by atoms with E-state index in [9.17, 15) is 22.8 Å². The summed E-state index contributed by atoms with van der Waals surface area (Å²) in [5.41, 5.74) is 0.310. The van der Waals surface area contributed by atoms with Crippen molar-refractivity contribution in [1.82, 2.24) is 5.32 Å². The molecule has 0 heterocycles. The van der Waals surface area contributed by atoms with E-state index in [2.05, 4.69) is 15.9 Å². The number of hydrogen-bond donors (Lipinski definition) is 2. The van der Waals surface area contributed by atoms with Gasteiger partial charge in [-0.15, -0.1) is 0 Å². The number of hydrogen-bond acceptors (Lipinski definition) is 2. The fourth-order valence-corrected chi connectivity index (χ4v) is 2.10. The van der Waals surface area contributed by atoms with Crippen LogP contribution in [0.25, 0.3) is 0 Å². The number of amides is 1. The smallest absolute Gasteiger partial charge is 0.471 e. The molecule has 1 aromatic carbocycles. The number of carbonyl (C=O) groups excluding carboxylic acids is 1. The second kappa shape index (κ2) is 6.45. The first-order valence-corrected chi connectivity index (χ1v) is 6.32. The summed E-state index contributed by atoms with van der Waals surface area (Å²) < 4.78 is 37.0. The topological polar surface area (TPSA) is 66.4 Å². The third-order valence-corrected chi connectivity index (χ3v) is 3.15. The van der Waals surface area contributed by atoms with Crippen LogP contribution in [0.5, 0.6) is 0 Å². The highest BCUT2D eigenvalue weighted by Crippen LogP contribution is 2.23. The van der Waals surface area contributed by atoms with Crippen LogP contribution in [-0.2, 0) is 16.0 Å². The monoisotopic (exact) mass is 373 g/mol. The second-order valence-corrected chi connectivity index (χ2v) is 5.12. The van der Waals surface area contributed by atoms with Gasteiger partial charge in [0.2, 0.25) is 0 Å². The summed E-state index contributed by atoms with van der Waals surface area (Å²) in [4.78, 5) is 21.7. The van der Waals surface area contributed by atoms with Crippen molar-refractivity contribution in [3.63, 3.8) is 0 Å². The van der Waals surface area contributed by atoms with Gasteiger partial charge >= 0.3 is 18.1 Å². The normalized spacial score (nSPS) is 12.8. The van der Waals surface area contributed by atoms with E-state index in [4.69, 9.17) is 16.7 Å². The van der Waals surface area contributed by atoms with E-state index < -0.39 is 24.1 Å². The van der Waals surface area contributed by atoms with E-state index in [1.165, 1.54) is 17.4 Å². The molecule has 110 valence electrons. The number of nitrogens with one attached hydrogen (secondary N) is 1. The van der Waals surface area contributed by atoms with Gasteiger partial charge in [0.25, 0.3) is 0 Å². The van der Waals surface area contributed by atoms with Crippen LogP contribution < -0.4 is 5.32 Å². The lowest BCUT2D eigenvalue weighted by Gasteiger charge is -2.16. The molecule has 0 aliphatic carbocycles. The maximum Gasteiger partial charge on any atom is 0.471 e. The van der Waals surface area contributed by atoms with Crippen LogP contribution in [-0.4, -0.2) is 29.2 Å². The van der Waals surface area contributed by atoms with Gasteiger partial charge in [-0.05, 0) is 17.7 Å². The largest absolute Gasteiger partial charge is 0.480 e. The first-order valence-electron chi connectivity index (χ1n) is 5.15. The van der Waals surface area contributed by atoms with Crippen LogP contribution in [0, 0.1) is 0 Å². The molecule has 1 aromatic rings. The number of carboxylic acid groups (broad SMARTS) is 1. The fraction of sp³-hybridized carbons (Fsp3) is 0.273. The number of carbonyl (C=O) groups is 2. The molecule has 1 rings (SSSR count).